The number of thioether (sulfide) groups is 1. The number of carbonyl (C=O) groups is 2. The van der Waals surface area contributed by atoms with Crippen LogP contribution < -0.4 is 0 Å². The van der Waals surface area contributed by atoms with E-state index in [1.807, 2.05) is 24.3 Å². The van der Waals surface area contributed by atoms with Crippen LogP contribution >= 0.6 is 27.7 Å². The van der Waals surface area contributed by atoms with Gasteiger partial charge in [-0.05, 0) is 24.6 Å². The number of esters is 1. The number of hydrogen-bond acceptors (Lipinski definition) is 6. The highest BCUT2D eigenvalue weighted by molar-refractivity contribution is 9.10. The van der Waals surface area contributed by atoms with Gasteiger partial charge in [0, 0.05) is 23.8 Å². The fourth-order valence-electron chi connectivity index (χ4n) is 2.91. The number of amides is 1. The van der Waals surface area contributed by atoms with Gasteiger partial charge in [-0.2, -0.15) is 0 Å². The van der Waals surface area contributed by atoms with Crippen molar-refractivity contribution >= 4 is 44.7 Å². The summed E-state index contributed by atoms with van der Waals surface area (Å²) in [5, 5.41) is 0.639. The standard InChI is InChI=1S/C18H19BrN2O4S/c1-11-15(17(23)25-9-8-24-2)16(12-3-5-13(19)6-4-12)21-14(22)7-10-26-18(21)20-11/h3-6,16H,7-10H2,1-2H3. The highest BCUT2D eigenvalue weighted by Gasteiger charge is 2.41. The van der Waals surface area contributed by atoms with Gasteiger partial charge in [-0.1, -0.05) is 39.8 Å². The minimum absolute atomic E-state index is 0.0369. The van der Waals surface area contributed by atoms with E-state index in [2.05, 4.69) is 20.9 Å². The Morgan fingerprint density at radius 2 is 2.08 bits per heavy atom. The molecule has 0 bridgehead atoms. The molecule has 0 spiro atoms. The van der Waals surface area contributed by atoms with Crippen molar-refractivity contribution < 1.29 is 19.1 Å². The third kappa shape index (κ3) is 3.87. The summed E-state index contributed by atoms with van der Waals surface area (Å²) < 4.78 is 11.2. The molecule has 1 fully saturated rings. The van der Waals surface area contributed by atoms with Crippen LogP contribution in [0.2, 0.25) is 0 Å². The lowest BCUT2D eigenvalue weighted by atomic mass is 9.94. The number of benzene rings is 1. The zero-order chi connectivity index (χ0) is 18.7. The molecule has 1 aromatic carbocycles. The minimum Gasteiger partial charge on any atom is -0.460 e. The Labute approximate surface area is 164 Å². The number of amidine groups is 1. The van der Waals surface area contributed by atoms with Crippen molar-refractivity contribution in [1.82, 2.24) is 4.90 Å². The molecular formula is C18H19BrN2O4S. The predicted molar refractivity (Wildman–Crippen MR) is 104 cm³/mol. The number of fused-ring (bicyclic) bond motifs is 1. The SMILES string of the molecule is COCCOC(=O)C1=C(C)N=C2SCCC(=O)N2C1c1ccc(Br)cc1. The second-order valence-electron chi connectivity index (χ2n) is 5.84. The Kier molecular flexibility index (Phi) is 6.16. The first kappa shape index (κ1) is 19.1. The maximum atomic E-state index is 12.8. The third-order valence-corrected chi connectivity index (χ3v) is 5.62. The largest absolute Gasteiger partial charge is 0.460 e. The summed E-state index contributed by atoms with van der Waals surface area (Å²) >= 11 is 4.95. The molecule has 3 rings (SSSR count). The summed E-state index contributed by atoms with van der Waals surface area (Å²) in [6.45, 7) is 2.25. The lowest BCUT2D eigenvalue weighted by molar-refractivity contribution is -0.141. The molecule has 0 saturated carbocycles. The number of carbonyl (C=O) groups excluding carboxylic acids is 2. The van der Waals surface area contributed by atoms with E-state index in [0.717, 1.165) is 10.0 Å². The van der Waals surface area contributed by atoms with Crippen molar-refractivity contribution in [2.45, 2.75) is 19.4 Å². The molecule has 26 heavy (non-hydrogen) atoms. The number of nitrogens with zero attached hydrogens (tertiary/aromatic N) is 2. The summed E-state index contributed by atoms with van der Waals surface area (Å²) in [6.07, 6.45) is 0.418. The maximum absolute atomic E-state index is 12.8. The molecule has 1 atom stereocenters. The van der Waals surface area contributed by atoms with Gasteiger partial charge in [0.1, 0.15) is 6.61 Å². The van der Waals surface area contributed by atoms with Gasteiger partial charge in [0.15, 0.2) is 5.17 Å². The molecular weight excluding hydrogens is 420 g/mol. The van der Waals surface area contributed by atoms with Gasteiger partial charge >= 0.3 is 5.97 Å². The highest BCUT2D eigenvalue weighted by atomic mass is 79.9. The van der Waals surface area contributed by atoms with Crippen LogP contribution in [0.4, 0.5) is 0 Å². The molecule has 2 heterocycles. The van der Waals surface area contributed by atoms with Crippen LogP contribution in [0, 0.1) is 0 Å². The van der Waals surface area contributed by atoms with Gasteiger partial charge in [0.25, 0.3) is 0 Å². The van der Waals surface area contributed by atoms with Crippen LogP contribution in [-0.2, 0) is 19.1 Å². The number of rotatable bonds is 5. The molecule has 138 valence electrons. The zero-order valence-corrected chi connectivity index (χ0v) is 16.9. The van der Waals surface area contributed by atoms with E-state index >= 15 is 0 Å². The number of aliphatic imine (C=N–C) groups is 1. The topological polar surface area (TPSA) is 68.2 Å². The molecule has 8 heteroatoms. The van der Waals surface area contributed by atoms with Crippen molar-refractivity contribution in [1.29, 1.82) is 0 Å². The van der Waals surface area contributed by atoms with E-state index in [9.17, 15) is 9.59 Å². The molecule has 0 aliphatic carbocycles. The smallest absolute Gasteiger partial charge is 0.338 e. The average Bonchev–Trinajstić information content (AvgIpc) is 2.61. The Morgan fingerprint density at radius 3 is 2.77 bits per heavy atom. The van der Waals surface area contributed by atoms with Crippen molar-refractivity contribution in [3.63, 3.8) is 0 Å². The summed E-state index contributed by atoms with van der Waals surface area (Å²) in [5.74, 6) is 0.186. The molecule has 2 aliphatic heterocycles. The number of halogens is 1. The predicted octanol–water partition coefficient (Wildman–Crippen LogP) is 3.29. The van der Waals surface area contributed by atoms with Gasteiger partial charge in [0.05, 0.1) is 23.9 Å². The highest BCUT2D eigenvalue weighted by Crippen LogP contribution is 2.40. The molecule has 2 aliphatic rings. The van der Waals surface area contributed by atoms with Crippen molar-refractivity contribution in [3.05, 3.63) is 45.6 Å². The lowest BCUT2D eigenvalue weighted by Gasteiger charge is -2.38. The molecule has 6 nitrogen and oxygen atoms in total. The molecule has 1 aromatic rings. The lowest BCUT2D eigenvalue weighted by Crippen LogP contribution is -2.45. The maximum Gasteiger partial charge on any atom is 0.338 e. The normalized spacial score (nSPS) is 20.0. The summed E-state index contributed by atoms with van der Waals surface area (Å²) in [7, 11) is 1.55. The van der Waals surface area contributed by atoms with Crippen LogP contribution in [0.5, 0.6) is 0 Å². The van der Waals surface area contributed by atoms with Gasteiger partial charge in [0.2, 0.25) is 5.91 Å². The Hall–Kier alpha value is -1.64. The first-order valence-corrected chi connectivity index (χ1v) is 9.96. The zero-order valence-electron chi connectivity index (χ0n) is 14.5. The van der Waals surface area contributed by atoms with Crippen molar-refractivity contribution in [3.8, 4) is 0 Å². The summed E-state index contributed by atoms with van der Waals surface area (Å²) in [4.78, 5) is 31.5. The van der Waals surface area contributed by atoms with Crippen molar-refractivity contribution in [2.75, 3.05) is 26.1 Å². The second kappa shape index (κ2) is 8.37. The van der Waals surface area contributed by atoms with E-state index in [1.165, 1.54) is 11.8 Å². The summed E-state index contributed by atoms with van der Waals surface area (Å²) in [6, 6.07) is 7.06. The van der Waals surface area contributed by atoms with Gasteiger partial charge < -0.3 is 9.47 Å². The first-order chi connectivity index (χ1) is 12.5. The van der Waals surface area contributed by atoms with E-state index < -0.39 is 12.0 Å². The van der Waals surface area contributed by atoms with Crippen LogP contribution in [0.15, 0.2) is 45.0 Å². The number of hydrogen-bond donors (Lipinski definition) is 0. The molecule has 0 N–H and O–H groups in total. The quantitative estimate of drug-likeness (QED) is 0.521. The van der Waals surface area contributed by atoms with E-state index in [-0.39, 0.29) is 12.5 Å². The Morgan fingerprint density at radius 1 is 1.35 bits per heavy atom. The van der Waals surface area contributed by atoms with Crippen molar-refractivity contribution in [2.24, 2.45) is 4.99 Å². The van der Waals surface area contributed by atoms with Crippen LogP contribution in [0.3, 0.4) is 0 Å². The number of methoxy groups -OCH3 is 1. The van der Waals surface area contributed by atoms with Gasteiger partial charge in [-0.15, -0.1) is 0 Å². The van der Waals surface area contributed by atoms with Gasteiger partial charge in [-0.3, -0.25) is 9.69 Å². The molecule has 1 unspecified atom stereocenters. The Bertz CT molecular complexity index is 776. The van der Waals surface area contributed by atoms with Crippen LogP contribution in [-0.4, -0.2) is 48.0 Å². The van der Waals surface area contributed by atoms with Crippen LogP contribution in [0.25, 0.3) is 0 Å². The molecule has 0 aromatic heterocycles. The average molecular weight is 439 g/mol. The number of ether oxygens (including phenoxy) is 2. The fourth-order valence-corrected chi connectivity index (χ4v) is 4.18. The summed E-state index contributed by atoms with van der Waals surface area (Å²) in [5.41, 5.74) is 1.81. The van der Waals surface area contributed by atoms with Crippen LogP contribution in [0.1, 0.15) is 24.9 Å². The minimum atomic E-state index is -0.536. The fraction of sp³-hybridized carbons (Fsp3) is 0.389. The van der Waals surface area contributed by atoms with Gasteiger partial charge in [-0.25, -0.2) is 9.79 Å². The van der Waals surface area contributed by atoms with E-state index in [0.29, 0.717) is 35.2 Å². The molecule has 0 radical (unpaired) electrons. The third-order valence-electron chi connectivity index (χ3n) is 4.13. The number of allylic oxidation sites excluding steroid dienone is 1. The molecule has 1 amide bonds. The van der Waals surface area contributed by atoms with E-state index in [1.54, 1.807) is 18.9 Å². The van der Waals surface area contributed by atoms with E-state index in [4.69, 9.17) is 9.47 Å². The molecule has 1 saturated heterocycles. The first-order valence-electron chi connectivity index (χ1n) is 8.18. The Balaban J connectivity index is 2.03. The second-order valence-corrected chi connectivity index (χ2v) is 7.82. The monoisotopic (exact) mass is 438 g/mol.